The number of carbonyl (C=O) groups excluding carboxylic acids is 1. The van der Waals surface area contributed by atoms with E-state index in [0.717, 1.165) is 4.57 Å². The number of hydrogen-bond acceptors (Lipinski definition) is 5. The Kier molecular flexibility index (Phi) is 5.77. The van der Waals surface area contributed by atoms with Gasteiger partial charge in [0.05, 0.1) is 22.8 Å². The molecule has 1 heterocycles. The van der Waals surface area contributed by atoms with Crippen molar-refractivity contribution in [1.82, 2.24) is 9.55 Å². The van der Waals surface area contributed by atoms with Crippen molar-refractivity contribution >= 4 is 23.0 Å². The van der Waals surface area contributed by atoms with Gasteiger partial charge >= 0.3 is 17.8 Å². The van der Waals surface area contributed by atoms with Crippen LogP contribution in [0, 0.1) is 0 Å². The van der Waals surface area contributed by atoms with Gasteiger partial charge in [0.25, 0.3) is 5.56 Å². The van der Waals surface area contributed by atoms with Gasteiger partial charge in [-0.05, 0) is 31.2 Å². The van der Waals surface area contributed by atoms with Gasteiger partial charge in [-0.15, -0.1) is 0 Å². The van der Waals surface area contributed by atoms with Crippen molar-refractivity contribution in [2.24, 2.45) is 4.99 Å². The highest BCUT2D eigenvalue weighted by atomic mass is 19.4. The van der Waals surface area contributed by atoms with E-state index in [1.165, 1.54) is 43.3 Å². The van der Waals surface area contributed by atoms with Crippen LogP contribution >= 0.6 is 0 Å². The van der Waals surface area contributed by atoms with Gasteiger partial charge in [0.15, 0.2) is 0 Å². The molecule has 0 aliphatic heterocycles. The van der Waals surface area contributed by atoms with Crippen molar-refractivity contribution in [1.29, 1.82) is 0 Å². The molecule has 0 radical (unpaired) electrons. The zero-order chi connectivity index (χ0) is 22.8. The fourth-order valence-corrected chi connectivity index (χ4v) is 2.77. The van der Waals surface area contributed by atoms with Crippen LogP contribution in [0.2, 0.25) is 0 Å². The molecule has 11 heteroatoms. The summed E-state index contributed by atoms with van der Waals surface area (Å²) in [5.41, 5.74) is -2.35. The highest BCUT2D eigenvalue weighted by Gasteiger charge is 2.39. The van der Waals surface area contributed by atoms with Crippen molar-refractivity contribution < 1.29 is 23.1 Å². The molecule has 0 saturated carbocycles. The SMILES string of the molecule is CC(=Nc1ccccc1NC(=O)C(F)(F)F)c1c(O)n(-c2ccccc2)c(=O)[nH]c1=O. The van der Waals surface area contributed by atoms with Crippen LogP contribution in [-0.4, -0.2) is 32.5 Å². The van der Waals surface area contributed by atoms with Gasteiger partial charge in [-0.2, -0.15) is 13.2 Å². The molecule has 3 aromatic rings. The molecule has 1 amide bonds. The summed E-state index contributed by atoms with van der Waals surface area (Å²) in [5, 5.41) is 12.3. The molecule has 1 aromatic heterocycles. The summed E-state index contributed by atoms with van der Waals surface area (Å²) < 4.78 is 38.6. The van der Waals surface area contributed by atoms with Gasteiger partial charge in [-0.3, -0.25) is 19.6 Å². The second-order valence-corrected chi connectivity index (χ2v) is 6.30. The zero-order valence-electron chi connectivity index (χ0n) is 15.9. The monoisotopic (exact) mass is 432 g/mol. The number of nitrogens with zero attached hydrogens (tertiary/aromatic N) is 2. The number of para-hydroxylation sites is 3. The number of amides is 1. The molecular formula is C20H15F3N4O4. The largest absolute Gasteiger partial charge is 0.493 e. The summed E-state index contributed by atoms with van der Waals surface area (Å²) in [4.78, 5) is 42.0. The fraction of sp³-hybridized carbons (Fsp3) is 0.100. The lowest BCUT2D eigenvalue weighted by molar-refractivity contribution is -0.167. The van der Waals surface area contributed by atoms with Crippen molar-refractivity contribution in [3.8, 4) is 11.6 Å². The van der Waals surface area contributed by atoms with Crippen LogP contribution < -0.4 is 16.6 Å². The summed E-state index contributed by atoms with van der Waals surface area (Å²) in [6, 6.07) is 13.3. The minimum Gasteiger partial charge on any atom is -0.493 e. The van der Waals surface area contributed by atoms with Crippen LogP contribution in [0.25, 0.3) is 5.69 Å². The Morgan fingerprint density at radius 2 is 1.68 bits per heavy atom. The van der Waals surface area contributed by atoms with E-state index in [4.69, 9.17) is 0 Å². The van der Waals surface area contributed by atoms with Gasteiger partial charge in [0, 0.05) is 0 Å². The minimum atomic E-state index is -5.10. The van der Waals surface area contributed by atoms with E-state index in [-0.39, 0.29) is 28.3 Å². The lowest BCUT2D eigenvalue weighted by Gasteiger charge is -2.12. The number of halogens is 3. The summed E-state index contributed by atoms with van der Waals surface area (Å²) in [6.07, 6.45) is -5.10. The number of aromatic hydroxyl groups is 1. The Bertz CT molecular complexity index is 1280. The first-order chi connectivity index (χ1) is 14.6. The summed E-state index contributed by atoms with van der Waals surface area (Å²) >= 11 is 0. The van der Waals surface area contributed by atoms with Gasteiger partial charge in [0.1, 0.15) is 5.56 Å². The fourth-order valence-electron chi connectivity index (χ4n) is 2.77. The van der Waals surface area contributed by atoms with Crippen molar-refractivity contribution in [3.63, 3.8) is 0 Å². The van der Waals surface area contributed by atoms with Gasteiger partial charge in [0.2, 0.25) is 5.88 Å². The Labute approximate surface area is 172 Å². The molecule has 0 bridgehead atoms. The van der Waals surface area contributed by atoms with Gasteiger partial charge in [-0.1, -0.05) is 30.3 Å². The predicted octanol–water partition coefficient (Wildman–Crippen LogP) is 2.87. The zero-order valence-corrected chi connectivity index (χ0v) is 15.9. The number of alkyl halides is 3. The number of rotatable bonds is 4. The number of H-pyrrole nitrogens is 1. The Morgan fingerprint density at radius 3 is 2.32 bits per heavy atom. The molecule has 0 unspecified atom stereocenters. The molecule has 31 heavy (non-hydrogen) atoms. The summed E-state index contributed by atoms with van der Waals surface area (Å²) in [6.45, 7) is 1.33. The van der Waals surface area contributed by atoms with Crippen molar-refractivity contribution in [2.45, 2.75) is 13.1 Å². The Balaban J connectivity index is 2.11. The maximum Gasteiger partial charge on any atom is 0.471 e. The summed E-state index contributed by atoms with van der Waals surface area (Å²) in [5.74, 6) is -2.89. The number of aliphatic imine (C=N–C) groups is 1. The molecule has 8 nitrogen and oxygen atoms in total. The van der Waals surface area contributed by atoms with Crippen LogP contribution in [-0.2, 0) is 4.79 Å². The first-order valence-corrected chi connectivity index (χ1v) is 8.76. The number of aromatic amines is 1. The van der Waals surface area contributed by atoms with E-state index < -0.39 is 29.2 Å². The first-order valence-electron chi connectivity index (χ1n) is 8.76. The van der Waals surface area contributed by atoms with Gasteiger partial charge < -0.3 is 10.4 Å². The second kappa shape index (κ2) is 8.30. The molecule has 3 rings (SSSR count). The molecule has 2 aromatic carbocycles. The molecular weight excluding hydrogens is 417 g/mol. The maximum absolute atomic E-state index is 12.6. The number of carbonyl (C=O) groups is 1. The molecule has 0 aliphatic rings. The molecule has 0 atom stereocenters. The average molecular weight is 432 g/mol. The number of hydrogen-bond donors (Lipinski definition) is 3. The smallest absolute Gasteiger partial charge is 0.471 e. The van der Waals surface area contributed by atoms with Gasteiger partial charge in [-0.25, -0.2) is 9.36 Å². The lowest BCUT2D eigenvalue weighted by Crippen LogP contribution is -2.32. The molecule has 0 spiro atoms. The number of benzene rings is 2. The van der Waals surface area contributed by atoms with Crippen molar-refractivity contribution in [3.05, 3.63) is 81.0 Å². The molecule has 0 aliphatic carbocycles. The third-order valence-electron chi connectivity index (χ3n) is 4.16. The maximum atomic E-state index is 12.6. The van der Waals surface area contributed by atoms with E-state index in [2.05, 4.69) is 9.98 Å². The van der Waals surface area contributed by atoms with E-state index in [1.54, 1.807) is 23.5 Å². The van der Waals surface area contributed by atoms with E-state index >= 15 is 0 Å². The quantitative estimate of drug-likeness (QED) is 0.550. The van der Waals surface area contributed by atoms with Crippen LogP contribution in [0.15, 0.2) is 69.2 Å². The Morgan fingerprint density at radius 1 is 1.06 bits per heavy atom. The molecule has 3 N–H and O–H groups in total. The molecule has 160 valence electrons. The van der Waals surface area contributed by atoms with Crippen molar-refractivity contribution in [2.75, 3.05) is 5.32 Å². The standard InChI is InChI=1S/C20H15F3N4O4/c1-11(24-13-9-5-6-10-14(13)25-18(30)20(21,22)23)15-16(28)26-19(31)27(17(15)29)12-7-3-2-4-8-12/h2-10,29H,1H3,(H,25,30)(H,26,28,31). The van der Waals surface area contributed by atoms with Crippen LogP contribution in [0.1, 0.15) is 12.5 Å². The normalized spacial score (nSPS) is 11.9. The van der Waals surface area contributed by atoms with E-state index in [1.807, 2.05) is 0 Å². The highest BCUT2D eigenvalue weighted by Crippen LogP contribution is 2.28. The number of anilines is 1. The third-order valence-corrected chi connectivity index (χ3v) is 4.16. The molecule has 0 fully saturated rings. The van der Waals surface area contributed by atoms with E-state index in [0.29, 0.717) is 0 Å². The average Bonchev–Trinajstić information content (AvgIpc) is 2.69. The second-order valence-electron chi connectivity index (χ2n) is 6.30. The number of aromatic nitrogens is 2. The Hall–Kier alpha value is -4.15. The minimum absolute atomic E-state index is 0.0890. The lowest BCUT2D eigenvalue weighted by atomic mass is 10.2. The van der Waals surface area contributed by atoms with Crippen LogP contribution in [0.3, 0.4) is 0 Å². The van der Waals surface area contributed by atoms with Crippen LogP contribution in [0.5, 0.6) is 5.88 Å². The molecule has 0 saturated heterocycles. The van der Waals surface area contributed by atoms with Crippen LogP contribution in [0.4, 0.5) is 24.5 Å². The summed E-state index contributed by atoms with van der Waals surface area (Å²) in [7, 11) is 0. The highest BCUT2D eigenvalue weighted by molar-refractivity contribution is 6.03. The number of nitrogens with one attached hydrogen (secondary N) is 2. The predicted molar refractivity (Wildman–Crippen MR) is 107 cm³/mol. The topological polar surface area (TPSA) is 117 Å². The first kappa shape index (κ1) is 21.6. The van der Waals surface area contributed by atoms with E-state index in [9.17, 15) is 32.7 Å². The third kappa shape index (κ3) is 4.55.